The molecule has 0 spiro atoms. The zero-order chi connectivity index (χ0) is 16.2. The van der Waals surface area contributed by atoms with Crippen molar-refractivity contribution in [3.05, 3.63) is 88.0 Å². The summed E-state index contributed by atoms with van der Waals surface area (Å²) < 4.78 is 5.30. The second-order valence-electron chi connectivity index (χ2n) is 5.02. The first kappa shape index (κ1) is 14.7. The van der Waals surface area contributed by atoms with Crippen LogP contribution in [0, 0.1) is 10.1 Å². The Morgan fingerprint density at radius 1 is 1.00 bits per heavy atom. The van der Waals surface area contributed by atoms with Gasteiger partial charge >= 0.3 is 5.97 Å². The van der Waals surface area contributed by atoms with Crippen molar-refractivity contribution < 1.29 is 14.5 Å². The van der Waals surface area contributed by atoms with E-state index in [9.17, 15) is 14.9 Å². The molecule has 0 radical (unpaired) electrons. The lowest BCUT2D eigenvalue weighted by atomic mass is 10.1. The number of nitro benzene ring substituents is 1. The summed E-state index contributed by atoms with van der Waals surface area (Å²) in [5, 5.41) is 12.8. The number of carbonyl (C=O) groups is 1. The average Bonchev–Trinajstić information content (AvgIpc) is 2.59. The van der Waals surface area contributed by atoms with Gasteiger partial charge in [0.1, 0.15) is 6.61 Å². The molecule has 3 aromatic carbocycles. The second kappa shape index (κ2) is 6.27. The van der Waals surface area contributed by atoms with Gasteiger partial charge in [0.05, 0.1) is 10.5 Å². The molecular formula is C18H13NO4. The van der Waals surface area contributed by atoms with Crippen LogP contribution in [-0.4, -0.2) is 10.9 Å². The number of esters is 1. The van der Waals surface area contributed by atoms with Crippen molar-refractivity contribution >= 4 is 22.4 Å². The predicted octanol–water partition coefficient (Wildman–Crippen LogP) is 4.11. The Morgan fingerprint density at radius 2 is 1.74 bits per heavy atom. The quantitative estimate of drug-likeness (QED) is 0.413. The van der Waals surface area contributed by atoms with Crippen LogP contribution < -0.4 is 0 Å². The van der Waals surface area contributed by atoms with Crippen LogP contribution in [0.25, 0.3) is 10.8 Å². The summed E-state index contributed by atoms with van der Waals surface area (Å²) in [5.74, 6) is -0.582. The molecule has 0 N–H and O–H groups in total. The molecule has 3 aromatic rings. The van der Waals surface area contributed by atoms with Gasteiger partial charge in [0.25, 0.3) is 5.69 Å². The third kappa shape index (κ3) is 3.18. The fourth-order valence-corrected chi connectivity index (χ4v) is 2.39. The smallest absolute Gasteiger partial charge is 0.338 e. The third-order valence-electron chi connectivity index (χ3n) is 3.53. The van der Waals surface area contributed by atoms with Gasteiger partial charge in [-0.3, -0.25) is 10.1 Å². The van der Waals surface area contributed by atoms with Crippen molar-refractivity contribution in [1.29, 1.82) is 0 Å². The van der Waals surface area contributed by atoms with E-state index in [1.807, 2.05) is 42.5 Å². The molecule has 0 amide bonds. The first-order chi connectivity index (χ1) is 11.1. The SMILES string of the molecule is O=C(OCc1cccc2ccccc12)c1cccc([N+](=O)[O-])c1. The summed E-state index contributed by atoms with van der Waals surface area (Å²) in [6.07, 6.45) is 0. The van der Waals surface area contributed by atoms with E-state index in [0.717, 1.165) is 16.3 Å². The number of benzene rings is 3. The van der Waals surface area contributed by atoms with Gasteiger partial charge in [-0.05, 0) is 22.4 Å². The molecule has 0 fully saturated rings. The summed E-state index contributed by atoms with van der Waals surface area (Å²) >= 11 is 0. The van der Waals surface area contributed by atoms with Gasteiger partial charge in [-0.25, -0.2) is 4.79 Å². The lowest BCUT2D eigenvalue weighted by Crippen LogP contribution is -2.06. The van der Waals surface area contributed by atoms with Crippen LogP contribution in [0.3, 0.4) is 0 Å². The summed E-state index contributed by atoms with van der Waals surface area (Å²) in [7, 11) is 0. The normalized spacial score (nSPS) is 10.4. The van der Waals surface area contributed by atoms with Crippen LogP contribution in [-0.2, 0) is 11.3 Å². The van der Waals surface area contributed by atoms with E-state index in [-0.39, 0.29) is 17.9 Å². The molecule has 0 unspecified atom stereocenters. The maximum Gasteiger partial charge on any atom is 0.338 e. The first-order valence-electron chi connectivity index (χ1n) is 7.03. The zero-order valence-corrected chi connectivity index (χ0v) is 12.1. The van der Waals surface area contributed by atoms with E-state index < -0.39 is 10.9 Å². The molecule has 0 aliphatic carbocycles. The number of hydrogen-bond donors (Lipinski definition) is 0. The average molecular weight is 307 g/mol. The van der Waals surface area contributed by atoms with Gasteiger partial charge in [-0.15, -0.1) is 0 Å². The van der Waals surface area contributed by atoms with Crippen LogP contribution in [0.1, 0.15) is 15.9 Å². The highest BCUT2D eigenvalue weighted by molar-refractivity contribution is 5.90. The Kier molecular flexibility index (Phi) is 4.01. The van der Waals surface area contributed by atoms with E-state index in [4.69, 9.17) is 4.74 Å². The lowest BCUT2D eigenvalue weighted by Gasteiger charge is -2.08. The summed E-state index contributed by atoms with van der Waals surface area (Å²) in [4.78, 5) is 22.3. The van der Waals surface area contributed by atoms with E-state index in [0.29, 0.717) is 0 Å². The van der Waals surface area contributed by atoms with Gasteiger partial charge < -0.3 is 4.74 Å². The lowest BCUT2D eigenvalue weighted by molar-refractivity contribution is -0.384. The molecule has 0 saturated heterocycles. The topological polar surface area (TPSA) is 69.4 Å². The monoisotopic (exact) mass is 307 g/mol. The van der Waals surface area contributed by atoms with Gasteiger partial charge in [0.15, 0.2) is 0 Å². The molecule has 3 rings (SSSR count). The highest BCUT2D eigenvalue weighted by Gasteiger charge is 2.13. The number of fused-ring (bicyclic) bond motifs is 1. The van der Waals surface area contributed by atoms with Crippen LogP contribution >= 0.6 is 0 Å². The fraction of sp³-hybridized carbons (Fsp3) is 0.0556. The second-order valence-corrected chi connectivity index (χ2v) is 5.02. The molecule has 0 aliphatic rings. The molecule has 0 aliphatic heterocycles. The van der Waals surface area contributed by atoms with Crippen molar-refractivity contribution in [2.45, 2.75) is 6.61 Å². The molecule has 5 heteroatoms. The van der Waals surface area contributed by atoms with Crippen molar-refractivity contribution in [1.82, 2.24) is 0 Å². The maximum atomic E-state index is 12.1. The molecule has 0 atom stereocenters. The molecule has 0 heterocycles. The number of hydrogen-bond acceptors (Lipinski definition) is 4. The maximum absolute atomic E-state index is 12.1. The van der Waals surface area contributed by atoms with Crippen LogP contribution in [0.15, 0.2) is 66.7 Å². The largest absolute Gasteiger partial charge is 0.457 e. The molecule has 114 valence electrons. The van der Waals surface area contributed by atoms with Crippen LogP contribution in [0.5, 0.6) is 0 Å². The number of nitro groups is 1. The summed E-state index contributed by atoms with van der Waals surface area (Å²) in [5.41, 5.74) is 0.922. The highest BCUT2D eigenvalue weighted by Crippen LogP contribution is 2.20. The molecule has 5 nitrogen and oxygen atoms in total. The van der Waals surface area contributed by atoms with E-state index in [1.54, 1.807) is 0 Å². The first-order valence-corrected chi connectivity index (χ1v) is 7.03. The molecule has 0 saturated carbocycles. The standard InChI is InChI=1S/C18H13NO4/c20-18(14-7-4-9-16(11-14)19(21)22)23-12-15-8-3-6-13-5-1-2-10-17(13)15/h1-11H,12H2. The van der Waals surface area contributed by atoms with E-state index in [1.165, 1.54) is 24.3 Å². The minimum absolute atomic E-state index is 0.114. The van der Waals surface area contributed by atoms with Crippen molar-refractivity contribution in [3.63, 3.8) is 0 Å². The Labute approximate surface area is 132 Å². The minimum atomic E-state index is -0.582. The van der Waals surface area contributed by atoms with Crippen molar-refractivity contribution in [2.24, 2.45) is 0 Å². The van der Waals surface area contributed by atoms with Gasteiger partial charge in [0, 0.05) is 12.1 Å². The van der Waals surface area contributed by atoms with Crippen molar-refractivity contribution in [3.8, 4) is 0 Å². The Morgan fingerprint density at radius 3 is 2.57 bits per heavy atom. The third-order valence-corrected chi connectivity index (χ3v) is 3.53. The van der Waals surface area contributed by atoms with Gasteiger partial charge in [-0.1, -0.05) is 48.5 Å². The van der Waals surface area contributed by atoms with E-state index >= 15 is 0 Å². The van der Waals surface area contributed by atoms with Crippen LogP contribution in [0.4, 0.5) is 5.69 Å². The molecule has 23 heavy (non-hydrogen) atoms. The fourth-order valence-electron chi connectivity index (χ4n) is 2.39. The van der Waals surface area contributed by atoms with Gasteiger partial charge in [-0.2, -0.15) is 0 Å². The molecule has 0 bridgehead atoms. The van der Waals surface area contributed by atoms with E-state index in [2.05, 4.69) is 0 Å². The number of nitrogens with zero attached hydrogens (tertiary/aromatic N) is 1. The number of ether oxygens (including phenoxy) is 1. The minimum Gasteiger partial charge on any atom is -0.457 e. The number of carbonyl (C=O) groups excluding carboxylic acids is 1. The zero-order valence-electron chi connectivity index (χ0n) is 12.1. The van der Waals surface area contributed by atoms with Crippen molar-refractivity contribution in [2.75, 3.05) is 0 Å². The number of non-ortho nitro benzene ring substituents is 1. The Bertz CT molecular complexity index is 884. The highest BCUT2D eigenvalue weighted by atomic mass is 16.6. The summed E-state index contributed by atoms with van der Waals surface area (Å²) in [6, 6.07) is 19.1. The predicted molar refractivity (Wildman–Crippen MR) is 86.2 cm³/mol. The number of rotatable bonds is 4. The Hall–Kier alpha value is -3.21. The van der Waals surface area contributed by atoms with Gasteiger partial charge in [0.2, 0.25) is 0 Å². The van der Waals surface area contributed by atoms with Crippen LogP contribution in [0.2, 0.25) is 0 Å². The molecule has 0 aromatic heterocycles. The Balaban J connectivity index is 1.78. The molecular weight excluding hydrogens is 294 g/mol. The summed E-state index contributed by atoms with van der Waals surface area (Å²) in [6.45, 7) is 0.114.